The molecule has 1 atom stereocenters. The van der Waals surface area contributed by atoms with E-state index in [9.17, 15) is 0 Å². The molecule has 0 radical (unpaired) electrons. The molecule has 5 aromatic rings. The quantitative estimate of drug-likeness (QED) is 0.222. The zero-order valence-corrected chi connectivity index (χ0v) is 26.4. The third kappa shape index (κ3) is 5.33. The highest BCUT2D eigenvalue weighted by atomic mass is 15.0. The lowest BCUT2D eigenvalue weighted by molar-refractivity contribution is 0.342. The molecule has 0 saturated heterocycles. The Morgan fingerprint density at radius 3 is 2.31 bits per heavy atom. The molecule has 1 saturated carbocycles. The van der Waals surface area contributed by atoms with E-state index in [1.165, 1.54) is 58.2 Å². The summed E-state index contributed by atoms with van der Waals surface area (Å²) in [5.41, 5.74) is 11.1. The Kier molecular flexibility index (Phi) is 8.21. The summed E-state index contributed by atoms with van der Waals surface area (Å²) in [6, 6.07) is 30.7. The summed E-state index contributed by atoms with van der Waals surface area (Å²) >= 11 is 0. The number of dihydropyridines is 1. The first-order valence-electron chi connectivity index (χ1n) is 16.7. The summed E-state index contributed by atoms with van der Waals surface area (Å²) in [6.45, 7) is 4.00. The molecule has 1 unspecified atom stereocenters. The Bertz CT molecular complexity index is 1850. The van der Waals surface area contributed by atoms with Gasteiger partial charge in [-0.3, -0.25) is 9.97 Å². The molecule has 8 rings (SSSR count). The second-order valence-corrected chi connectivity index (χ2v) is 12.1. The van der Waals surface area contributed by atoms with Gasteiger partial charge in [-0.1, -0.05) is 93.8 Å². The van der Waals surface area contributed by atoms with Crippen LogP contribution in [0, 0.1) is 0 Å². The highest BCUT2D eigenvalue weighted by Crippen LogP contribution is 2.48. The maximum absolute atomic E-state index is 4.74. The Labute approximate surface area is 267 Å². The van der Waals surface area contributed by atoms with Crippen LogP contribution in [0.3, 0.4) is 0 Å². The molecule has 2 aliphatic carbocycles. The fourth-order valence-electron chi connectivity index (χ4n) is 7.62. The van der Waals surface area contributed by atoms with E-state index < -0.39 is 0 Å². The van der Waals surface area contributed by atoms with Crippen molar-refractivity contribution in [2.24, 2.45) is 0 Å². The van der Waals surface area contributed by atoms with Gasteiger partial charge in [-0.2, -0.15) is 0 Å². The third-order valence-corrected chi connectivity index (χ3v) is 9.69. The minimum absolute atomic E-state index is 0.0119. The Morgan fingerprint density at radius 1 is 0.800 bits per heavy atom. The minimum Gasteiger partial charge on any atom is -0.371 e. The number of fused-ring (bicyclic) bond motifs is 3. The van der Waals surface area contributed by atoms with Gasteiger partial charge in [-0.15, -0.1) is 0 Å². The molecule has 3 aromatic heterocycles. The van der Waals surface area contributed by atoms with Crippen molar-refractivity contribution in [3.8, 4) is 5.69 Å². The number of nitrogens with one attached hydrogen (secondary N) is 1. The van der Waals surface area contributed by atoms with Crippen LogP contribution < -0.4 is 5.32 Å². The fourth-order valence-corrected chi connectivity index (χ4v) is 7.62. The maximum atomic E-state index is 4.74. The average Bonchev–Trinajstić information content (AvgIpc) is 3.48. The van der Waals surface area contributed by atoms with Crippen LogP contribution in [0.5, 0.6) is 0 Å². The van der Waals surface area contributed by atoms with Crippen LogP contribution in [0.2, 0.25) is 0 Å². The van der Waals surface area contributed by atoms with E-state index in [-0.39, 0.29) is 11.5 Å². The smallest absolute Gasteiger partial charge is 0.0876 e. The van der Waals surface area contributed by atoms with E-state index in [2.05, 4.69) is 107 Å². The zero-order valence-electron chi connectivity index (χ0n) is 26.4. The number of allylic oxidation sites excluding steroid dienone is 3. The van der Waals surface area contributed by atoms with E-state index in [0.29, 0.717) is 0 Å². The second kappa shape index (κ2) is 12.7. The van der Waals surface area contributed by atoms with Gasteiger partial charge in [-0.25, -0.2) is 0 Å². The first kappa shape index (κ1) is 29.0. The largest absolute Gasteiger partial charge is 0.371 e. The first-order valence-corrected chi connectivity index (χ1v) is 16.7. The predicted octanol–water partition coefficient (Wildman–Crippen LogP) is 9.92. The Balaban J connectivity index is 0.00000160. The Hall–Kier alpha value is -4.70. The molecule has 226 valence electrons. The third-order valence-electron chi connectivity index (χ3n) is 9.69. The predicted molar refractivity (Wildman–Crippen MR) is 187 cm³/mol. The zero-order chi connectivity index (χ0) is 30.6. The van der Waals surface area contributed by atoms with Crippen molar-refractivity contribution in [3.05, 3.63) is 149 Å². The molecule has 2 aromatic carbocycles. The number of benzene rings is 2. The van der Waals surface area contributed by atoms with Crippen LogP contribution in [0.15, 0.2) is 121 Å². The number of nitrogens with zero attached hydrogens (tertiary/aromatic N) is 3. The van der Waals surface area contributed by atoms with Crippen molar-refractivity contribution in [2.45, 2.75) is 70.3 Å². The maximum Gasteiger partial charge on any atom is 0.0876 e. The normalized spacial score (nSPS) is 18.6. The van der Waals surface area contributed by atoms with E-state index in [1.54, 1.807) is 0 Å². The molecular weight excluding hydrogens is 548 g/mol. The van der Waals surface area contributed by atoms with Gasteiger partial charge in [-0.05, 0) is 85.4 Å². The standard InChI is InChI=1S/C39H36N4.C2H6/c1-8-22-39(23-9-1,29-26-35(33-14-6-10-24-40-33)42-36(27-29)34-15-7-11-25-41-34)28-18-20-30(21-19-28)43-37-16-4-2-12-31(37)32-13-3-5-17-38(32)43;1-2/h2-4,6-7,10-16,18-21,24-27,35,42H,1,5,8-9,17,22-23H2;1-2H3. The van der Waals surface area contributed by atoms with Gasteiger partial charge in [0.25, 0.3) is 0 Å². The number of aromatic nitrogens is 3. The van der Waals surface area contributed by atoms with Crippen LogP contribution in [0.4, 0.5) is 0 Å². The number of hydrogen-bond donors (Lipinski definition) is 1. The molecule has 4 heterocycles. The molecule has 1 aliphatic heterocycles. The van der Waals surface area contributed by atoms with Gasteiger partial charge >= 0.3 is 0 Å². The Morgan fingerprint density at radius 2 is 1.56 bits per heavy atom. The van der Waals surface area contributed by atoms with Crippen LogP contribution >= 0.6 is 0 Å². The fraction of sp³-hybridized carbons (Fsp3) is 0.268. The van der Waals surface area contributed by atoms with E-state index in [1.807, 2.05) is 38.4 Å². The van der Waals surface area contributed by atoms with Crippen molar-refractivity contribution >= 4 is 22.7 Å². The van der Waals surface area contributed by atoms with E-state index >= 15 is 0 Å². The second-order valence-electron chi connectivity index (χ2n) is 12.1. The lowest BCUT2D eigenvalue weighted by Crippen LogP contribution is -2.34. The van der Waals surface area contributed by atoms with Crippen molar-refractivity contribution in [3.63, 3.8) is 0 Å². The minimum atomic E-state index is -0.0487. The first-order chi connectivity index (χ1) is 22.3. The number of pyridine rings is 2. The molecule has 0 amide bonds. The summed E-state index contributed by atoms with van der Waals surface area (Å²) in [4.78, 5) is 9.46. The molecule has 45 heavy (non-hydrogen) atoms. The monoisotopic (exact) mass is 590 g/mol. The van der Waals surface area contributed by atoms with Gasteiger partial charge in [0.15, 0.2) is 0 Å². The van der Waals surface area contributed by atoms with Crippen molar-refractivity contribution in [1.29, 1.82) is 0 Å². The number of rotatable bonds is 5. The highest BCUT2D eigenvalue weighted by Gasteiger charge is 2.39. The van der Waals surface area contributed by atoms with Gasteiger partial charge in [0.2, 0.25) is 0 Å². The summed E-state index contributed by atoms with van der Waals surface area (Å²) in [5.74, 6) is 0. The molecule has 0 bridgehead atoms. The summed E-state index contributed by atoms with van der Waals surface area (Å²) < 4.78 is 2.49. The number of para-hydroxylation sites is 1. The van der Waals surface area contributed by atoms with Crippen LogP contribution in [-0.2, 0) is 11.8 Å². The van der Waals surface area contributed by atoms with Gasteiger partial charge < -0.3 is 9.88 Å². The van der Waals surface area contributed by atoms with Crippen molar-refractivity contribution in [2.75, 3.05) is 0 Å². The summed E-state index contributed by atoms with van der Waals surface area (Å²) in [6.07, 6.45) is 21.4. The summed E-state index contributed by atoms with van der Waals surface area (Å²) in [5, 5.41) is 5.09. The van der Waals surface area contributed by atoms with Crippen LogP contribution in [0.1, 0.15) is 86.6 Å². The lowest BCUT2D eigenvalue weighted by atomic mass is 9.64. The average molecular weight is 591 g/mol. The summed E-state index contributed by atoms with van der Waals surface area (Å²) in [7, 11) is 0. The number of hydrogen-bond acceptors (Lipinski definition) is 3. The van der Waals surface area contributed by atoms with Crippen molar-refractivity contribution < 1.29 is 0 Å². The molecule has 0 spiro atoms. The molecule has 1 N–H and O–H groups in total. The SMILES string of the molecule is C1=Cc2c(n(-c3ccc(C4(C5=CC(c6ccccn6)NC(c6ccccn6)=C5)CCCCC4)cc3)c3ccccc23)CC1.CC. The topological polar surface area (TPSA) is 42.7 Å². The molecule has 4 nitrogen and oxygen atoms in total. The molecule has 4 heteroatoms. The van der Waals surface area contributed by atoms with Crippen LogP contribution in [-0.4, -0.2) is 14.5 Å². The molecular formula is C41H42N4. The van der Waals surface area contributed by atoms with E-state index in [0.717, 1.165) is 42.8 Å². The molecule has 1 fully saturated rings. The van der Waals surface area contributed by atoms with E-state index in [4.69, 9.17) is 9.97 Å². The van der Waals surface area contributed by atoms with Crippen LogP contribution in [0.25, 0.3) is 28.4 Å². The van der Waals surface area contributed by atoms with Crippen molar-refractivity contribution in [1.82, 2.24) is 19.9 Å². The van der Waals surface area contributed by atoms with Gasteiger partial charge in [0.05, 0.1) is 28.6 Å². The van der Waals surface area contributed by atoms with Gasteiger partial charge in [0.1, 0.15) is 0 Å². The lowest BCUT2D eigenvalue weighted by Gasteiger charge is -2.41. The molecule has 3 aliphatic rings. The van der Waals surface area contributed by atoms with Gasteiger partial charge in [0, 0.05) is 40.1 Å². The highest BCUT2D eigenvalue weighted by molar-refractivity contribution is 5.93.